The third-order valence-corrected chi connectivity index (χ3v) is 4.31. The largest absolute Gasteiger partial charge is 0.392 e. The van der Waals surface area contributed by atoms with Gasteiger partial charge in [0.1, 0.15) is 0 Å². The molecule has 0 saturated carbocycles. The number of nitrogens with zero attached hydrogens (tertiary/aromatic N) is 1. The van der Waals surface area contributed by atoms with Gasteiger partial charge in [-0.25, -0.2) is 4.98 Å². The average molecular weight is 284 g/mol. The van der Waals surface area contributed by atoms with Crippen LogP contribution in [0.1, 0.15) is 16.7 Å². The molecule has 102 valence electrons. The number of imidazole rings is 1. The summed E-state index contributed by atoms with van der Waals surface area (Å²) in [6.07, 6.45) is 0. The van der Waals surface area contributed by atoms with E-state index in [0.29, 0.717) is 0 Å². The van der Waals surface area contributed by atoms with Crippen molar-refractivity contribution in [2.24, 2.45) is 0 Å². The Hall–Kier alpha value is -1.78. The number of aliphatic hydroxyl groups is 1. The maximum absolute atomic E-state index is 9.14. The number of hydrogen-bond donors (Lipinski definition) is 2. The zero-order chi connectivity index (χ0) is 14.1. The Morgan fingerprint density at radius 1 is 1.15 bits per heavy atom. The van der Waals surface area contributed by atoms with E-state index >= 15 is 0 Å². The second kappa shape index (κ2) is 5.31. The number of aliphatic hydroxyl groups excluding tert-OH is 1. The molecule has 0 fully saturated rings. The van der Waals surface area contributed by atoms with E-state index < -0.39 is 0 Å². The van der Waals surface area contributed by atoms with Gasteiger partial charge in [-0.05, 0) is 48.7 Å². The van der Waals surface area contributed by atoms with Crippen LogP contribution in [0.5, 0.6) is 0 Å². The maximum atomic E-state index is 9.14. The lowest BCUT2D eigenvalue weighted by molar-refractivity contribution is 0.281. The van der Waals surface area contributed by atoms with Crippen LogP contribution in [0.15, 0.2) is 46.5 Å². The van der Waals surface area contributed by atoms with Crippen LogP contribution in [-0.2, 0) is 6.61 Å². The molecular weight excluding hydrogens is 268 g/mol. The molecule has 3 nitrogen and oxygen atoms in total. The Morgan fingerprint density at radius 3 is 2.75 bits per heavy atom. The Kier molecular flexibility index (Phi) is 3.51. The van der Waals surface area contributed by atoms with Gasteiger partial charge in [-0.15, -0.1) is 0 Å². The molecule has 0 spiro atoms. The summed E-state index contributed by atoms with van der Waals surface area (Å²) in [7, 11) is 0. The van der Waals surface area contributed by atoms with Gasteiger partial charge in [0.15, 0.2) is 5.16 Å². The van der Waals surface area contributed by atoms with Crippen LogP contribution < -0.4 is 0 Å². The minimum atomic E-state index is 0.0791. The summed E-state index contributed by atoms with van der Waals surface area (Å²) in [5.41, 5.74) is 5.37. The minimum absolute atomic E-state index is 0.0791. The van der Waals surface area contributed by atoms with Crippen LogP contribution in [0.4, 0.5) is 0 Å². The summed E-state index contributed by atoms with van der Waals surface area (Å²) in [6, 6.07) is 12.2. The molecule has 0 aliphatic carbocycles. The van der Waals surface area contributed by atoms with Gasteiger partial charge < -0.3 is 10.1 Å². The van der Waals surface area contributed by atoms with E-state index in [9.17, 15) is 0 Å². The van der Waals surface area contributed by atoms with Gasteiger partial charge in [-0.1, -0.05) is 30.0 Å². The highest BCUT2D eigenvalue weighted by Gasteiger charge is 2.07. The molecule has 1 heterocycles. The number of H-pyrrole nitrogens is 1. The fourth-order valence-electron chi connectivity index (χ4n) is 2.18. The lowest BCUT2D eigenvalue weighted by Gasteiger charge is -2.05. The fraction of sp³-hybridized carbons (Fsp3) is 0.188. The molecule has 2 N–H and O–H groups in total. The Balaban J connectivity index is 1.92. The molecule has 0 aliphatic heterocycles. The van der Waals surface area contributed by atoms with Crippen LogP contribution in [0, 0.1) is 13.8 Å². The first-order valence-electron chi connectivity index (χ1n) is 6.50. The summed E-state index contributed by atoms with van der Waals surface area (Å²) >= 11 is 1.62. The van der Waals surface area contributed by atoms with E-state index in [1.165, 1.54) is 5.56 Å². The van der Waals surface area contributed by atoms with Gasteiger partial charge in [-0.3, -0.25) is 0 Å². The smallest absolute Gasteiger partial charge is 0.171 e. The van der Waals surface area contributed by atoms with Crippen molar-refractivity contribution in [3.05, 3.63) is 53.1 Å². The lowest BCUT2D eigenvalue weighted by Crippen LogP contribution is -1.87. The quantitative estimate of drug-likeness (QED) is 0.768. The topological polar surface area (TPSA) is 48.9 Å². The number of aromatic nitrogens is 2. The average Bonchev–Trinajstić information content (AvgIpc) is 2.82. The maximum Gasteiger partial charge on any atom is 0.171 e. The SMILES string of the molecule is Cc1ccc2nc(Sc3ccc(CO)cc3C)[nH]c2c1. The molecule has 4 heteroatoms. The van der Waals surface area contributed by atoms with Gasteiger partial charge in [-0.2, -0.15) is 0 Å². The van der Waals surface area contributed by atoms with Crippen molar-refractivity contribution >= 4 is 22.8 Å². The van der Waals surface area contributed by atoms with E-state index in [0.717, 1.165) is 32.2 Å². The number of fused-ring (bicyclic) bond motifs is 1. The first-order valence-corrected chi connectivity index (χ1v) is 7.32. The van der Waals surface area contributed by atoms with E-state index in [2.05, 4.69) is 29.0 Å². The molecule has 0 saturated heterocycles. The molecular formula is C16H16N2OS. The Morgan fingerprint density at radius 2 is 2.00 bits per heavy atom. The molecule has 0 radical (unpaired) electrons. The van der Waals surface area contributed by atoms with Crippen molar-refractivity contribution in [2.75, 3.05) is 0 Å². The minimum Gasteiger partial charge on any atom is -0.392 e. The van der Waals surface area contributed by atoms with Crippen LogP contribution in [0.25, 0.3) is 11.0 Å². The summed E-state index contributed by atoms with van der Waals surface area (Å²) in [4.78, 5) is 9.08. The van der Waals surface area contributed by atoms with E-state index in [-0.39, 0.29) is 6.61 Å². The summed E-state index contributed by atoms with van der Waals surface area (Å²) < 4.78 is 0. The summed E-state index contributed by atoms with van der Waals surface area (Å²) in [5.74, 6) is 0. The first kappa shape index (κ1) is 13.2. The van der Waals surface area contributed by atoms with Gasteiger partial charge in [0, 0.05) is 4.90 Å². The molecule has 0 atom stereocenters. The van der Waals surface area contributed by atoms with E-state index in [1.807, 2.05) is 31.2 Å². The molecule has 0 aliphatic rings. The Bertz CT molecular complexity index is 764. The summed E-state index contributed by atoms with van der Waals surface area (Å²) in [5, 5.41) is 10.0. The zero-order valence-electron chi connectivity index (χ0n) is 11.5. The zero-order valence-corrected chi connectivity index (χ0v) is 12.3. The molecule has 1 aromatic heterocycles. The molecule has 0 unspecified atom stereocenters. The van der Waals surface area contributed by atoms with Crippen molar-refractivity contribution < 1.29 is 5.11 Å². The van der Waals surface area contributed by atoms with Gasteiger partial charge >= 0.3 is 0 Å². The molecule has 2 aromatic carbocycles. The van der Waals surface area contributed by atoms with E-state index in [1.54, 1.807) is 11.8 Å². The third kappa shape index (κ3) is 2.57. The van der Waals surface area contributed by atoms with Gasteiger partial charge in [0.25, 0.3) is 0 Å². The third-order valence-electron chi connectivity index (χ3n) is 3.24. The predicted octanol–water partition coefficient (Wildman–Crippen LogP) is 3.82. The summed E-state index contributed by atoms with van der Waals surface area (Å²) in [6.45, 7) is 4.20. The number of aromatic amines is 1. The van der Waals surface area contributed by atoms with Crippen LogP contribution in [0.2, 0.25) is 0 Å². The molecule has 0 amide bonds. The lowest BCUT2D eigenvalue weighted by atomic mass is 10.1. The number of benzene rings is 2. The van der Waals surface area contributed by atoms with Crippen molar-refractivity contribution in [3.8, 4) is 0 Å². The van der Waals surface area contributed by atoms with Crippen LogP contribution in [-0.4, -0.2) is 15.1 Å². The number of aryl methyl sites for hydroxylation is 2. The second-order valence-electron chi connectivity index (χ2n) is 4.92. The van der Waals surface area contributed by atoms with Crippen molar-refractivity contribution in [3.63, 3.8) is 0 Å². The fourth-order valence-corrected chi connectivity index (χ4v) is 3.05. The highest BCUT2D eigenvalue weighted by atomic mass is 32.2. The molecule has 0 bridgehead atoms. The van der Waals surface area contributed by atoms with E-state index in [4.69, 9.17) is 5.11 Å². The highest BCUT2D eigenvalue weighted by Crippen LogP contribution is 2.30. The monoisotopic (exact) mass is 284 g/mol. The van der Waals surface area contributed by atoms with Gasteiger partial charge in [0.2, 0.25) is 0 Å². The van der Waals surface area contributed by atoms with Gasteiger partial charge in [0.05, 0.1) is 17.6 Å². The molecule has 3 aromatic rings. The highest BCUT2D eigenvalue weighted by molar-refractivity contribution is 7.99. The number of rotatable bonds is 3. The van der Waals surface area contributed by atoms with Crippen molar-refractivity contribution in [1.82, 2.24) is 9.97 Å². The number of hydrogen-bond acceptors (Lipinski definition) is 3. The van der Waals surface area contributed by atoms with Crippen molar-refractivity contribution in [2.45, 2.75) is 30.5 Å². The first-order chi connectivity index (χ1) is 9.65. The normalized spacial score (nSPS) is 11.2. The second-order valence-corrected chi connectivity index (χ2v) is 5.95. The predicted molar refractivity (Wildman–Crippen MR) is 82.1 cm³/mol. The Labute approximate surface area is 122 Å². The van der Waals surface area contributed by atoms with Crippen molar-refractivity contribution in [1.29, 1.82) is 0 Å². The molecule has 20 heavy (non-hydrogen) atoms. The van der Waals surface area contributed by atoms with Crippen LogP contribution in [0.3, 0.4) is 0 Å². The number of nitrogens with one attached hydrogen (secondary N) is 1. The molecule has 3 rings (SSSR count). The van der Waals surface area contributed by atoms with Crippen LogP contribution >= 0.6 is 11.8 Å². The standard InChI is InChI=1S/C16H16N2OS/c1-10-3-5-13-14(7-10)18-16(17-13)20-15-6-4-12(9-19)8-11(15)2/h3-8,19H,9H2,1-2H3,(H,17,18).